The monoisotopic (exact) mass is 390 g/mol. The van der Waals surface area contributed by atoms with E-state index in [1.54, 1.807) is 0 Å². The van der Waals surface area contributed by atoms with E-state index in [1.807, 2.05) is 0 Å². The standard InChI is InChI=1S/2CH4.AsH3.2Sb.H4Si.6H/h2*1H4;1H3;;;1H4;;;;;;. The molecule has 0 amide bonds. The Labute approximate surface area is 91.5 Å². The molecule has 0 spiro atoms. The fraction of sp³-hybridized carbons (Fsp3) is 1.00. The Morgan fingerprint density at radius 2 is 0.667 bits per heavy atom. The van der Waals surface area contributed by atoms with Crippen LogP contribution in [0.25, 0.3) is 0 Å². The summed E-state index contributed by atoms with van der Waals surface area (Å²) in [6, 6.07) is 0. The van der Waals surface area contributed by atoms with Crippen molar-refractivity contribution in [2.45, 2.75) is 14.9 Å². The normalized spacial score (nSPS) is 0. The molecule has 0 aromatic rings. The van der Waals surface area contributed by atoms with Crippen LogP contribution >= 0.6 is 0 Å². The van der Waals surface area contributed by atoms with E-state index in [4.69, 9.17) is 0 Å². The van der Waals surface area contributed by atoms with Gasteiger partial charge in [-0.05, 0) is 11.0 Å². The van der Waals surface area contributed by atoms with Crippen LogP contribution in [0.5, 0.6) is 0 Å². The summed E-state index contributed by atoms with van der Waals surface area (Å²) in [5.41, 5.74) is 0. The van der Waals surface area contributed by atoms with E-state index >= 15 is 0 Å². The Bertz CT molecular complexity index is 11.5. The van der Waals surface area contributed by atoms with Gasteiger partial charge in [-0.15, -0.1) is 0 Å². The van der Waals surface area contributed by atoms with Crippen LogP contribution in [-0.4, -0.2) is 77.8 Å². The summed E-state index contributed by atoms with van der Waals surface area (Å²) in [6.07, 6.45) is 0. The quantitative estimate of drug-likeness (QED) is 0.373. The predicted molar refractivity (Wildman–Crippen MR) is 54.6 cm³/mol. The number of hydrogen-bond acceptors (Lipinski definition) is 0. The molecule has 1 atom stereocenters. The molecular weight excluding hydrogens is 371 g/mol. The average molecular weight is 392 g/mol. The van der Waals surface area contributed by atoms with Crippen molar-refractivity contribution in [3.63, 3.8) is 0 Å². The third-order valence-electron chi connectivity index (χ3n) is 0. The van der Waals surface area contributed by atoms with Crippen LogP contribution in [0, 0.1) is 0 Å². The van der Waals surface area contributed by atoms with Crippen LogP contribution in [0.15, 0.2) is 0 Å². The molecule has 0 aromatic carbocycles. The zero-order chi connectivity index (χ0) is 0. The van der Waals surface area contributed by atoms with Crippen molar-refractivity contribution in [2.75, 3.05) is 0 Å². The van der Waals surface area contributed by atoms with Crippen molar-refractivity contribution in [1.29, 1.82) is 0 Å². The number of rotatable bonds is 0. The minimum Gasteiger partial charge on any atom is -0.0149 e. The van der Waals surface area contributed by atoms with Crippen molar-refractivity contribution < 1.29 is 0 Å². The molecule has 0 heterocycles. The van der Waals surface area contributed by atoms with Crippen molar-refractivity contribution >= 4 is 77.8 Å². The van der Waals surface area contributed by atoms with Gasteiger partial charge in [-0.3, -0.25) is 0 Å². The predicted octanol–water partition coefficient (Wildman–Crippen LogP) is -3.73. The fourth-order valence-electron chi connectivity index (χ4n) is 0. The molecule has 48 valence electrons. The Balaban J connectivity index is 0. The Morgan fingerprint density at radius 1 is 0.667 bits per heavy atom. The zero-order valence-electron chi connectivity index (χ0n) is 2.12. The van der Waals surface area contributed by atoms with Gasteiger partial charge >= 0.3 is 66.8 Å². The van der Waals surface area contributed by atoms with Crippen LogP contribution in [0.4, 0.5) is 0 Å². The van der Waals surface area contributed by atoms with Crippen molar-refractivity contribution in [3.8, 4) is 0 Å². The first-order chi connectivity index (χ1) is 0. The first-order valence-electron chi connectivity index (χ1n) is 0. The van der Waals surface area contributed by atoms with E-state index in [1.165, 1.54) is 0 Å². The van der Waals surface area contributed by atoms with Crippen LogP contribution in [0.3, 0.4) is 0 Å². The first-order valence-corrected chi connectivity index (χ1v) is 0. The topological polar surface area (TPSA) is 0 Å². The van der Waals surface area contributed by atoms with Crippen LogP contribution in [0.2, 0.25) is 0 Å². The molecule has 0 saturated carbocycles. The van der Waals surface area contributed by atoms with E-state index in [0.29, 0.717) is 0 Å². The fourth-order valence-corrected chi connectivity index (χ4v) is 0. The van der Waals surface area contributed by atoms with E-state index < -0.39 is 0 Å². The van der Waals surface area contributed by atoms with E-state index in [2.05, 4.69) is 0 Å². The molecule has 0 aliphatic rings. The summed E-state index contributed by atoms with van der Waals surface area (Å²) in [5, 5.41) is 0. The van der Waals surface area contributed by atoms with Crippen LogP contribution in [0.1, 0.15) is 14.9 Å². The molecule has 0 nitrogen and oxygen atoms in total. The van der Waals surface area contributed by atoms with E-state index in [9.17, 15) is 0 Å². The molecule has 6 heavy (non-hydrogen) atoms. The second-order valence-electron chi connectivity index (χ2n) is 0. The summed E-state index contributed by atoms with van der Waals surface area (Å²) >= 11 is 0. The van der Waals surface area contributed by atoms with Crippen molar-refractivity contribution in [3.05, 3.63) is 0 Å². The molecule has 0 aliphatic heterocycles. The largest absolute Gasteiger partial charge is 0.0149 e. The third kappa shape index (κ3) is 32.3. The summed E-state index contributed by atoms with van der Waals surface area (Å²) in [5.74, 6) is 0. The van der Waals surface area contributed by atoms with Gasteiger partial charge in [0.25, 0.3) is 0 Å². The average Bonchev–Trinajstić information content (AvgIpc) is 0. The van der Waals surface area contributed by atoms with Crippen LogP contribution in [-0.2, 0) is 0 Å². The maximum Gasteiger partial charge on any atom is -0.0149 e. The zero-order valence-corrected chi connectivity index (χ0v) is 13.2. The van der Waals surface area contributed by atoms with Gasteiger partial charge < -0.3 is 0 Å². The summed E-state index contributed by atoms with van der Waals surface area (Å²) in [6.45, 7) is 0. The van der Waals surface area contributed by atoms with E-state index in [-0.39, 0.29) is 92.6 Å². The van der Waals surface area contributed by atoms with Gasteiger partial charge in [0.2, 0.25) is 0 Å². The number of hydrogen-bond donors (Lipinski definition) is 0. The van der Waals surface area contributed by atoms with E-state index in [0.717, 1.165) is 0 Å². The van der Waals surface area contributed by atoms with Crippen LogP contribution < -0.4 is 0 Å². The molecule has 0 bridgehead atoms. The molecule has 0 fully saturated rings. The Kier molecular flexibility index (Phi) is 694. The first kappa shape index (κ1) is 79.4. The second kappa shape index (κ2) is 52.4. The molecule has 1 unspecified atom stereocenters. The minimum atomic E-state index is 0. The molecule has 0 aliphatic carbocycles. The molecular formula is C2H21AsSb2Si. The van der Waals surface area contributed by atoms with Gasteiger partial charge in [-0.2, -0.15) is 0 Å². The molecule has 0 radical (unpaired) electrons. The minimum absolute atomic E-state index is 0. The third-order valence-corrected chi connectivity index (χ3v) is 0. The molecule has 0 rings (SSSR count). The van der Waals surface area contributed by atoms with Gasteiger partial charge in [-0.25, -0.2) is 0 Å². The molecule has 4 heteroatoms. The van der Waals surface area contributed by atoms with Gasteiger partial charge in [0, 0.05) is 0 Å². The summed E-state index contributed by atoms with van der Waals surface area (Å²) < 4.78 is 0. The van der Waals surface area contributed by atoms with Gasteiger partial charge in [0.15, 0.2) is 0 Å². The van der Waals surface area contributed by atoms with Gasteiger partial charge in [0.1, 0.15) is 0 Å². The Morgan fingerprint density at radius 3 is 0.667 bits per heavy atom. The van der Waals surface area contributed by atoms with Crippen molar-refractivity contribution in [1.82, 2.24) is 0 Å². The van der Waals surface area contributed by atoms with Crippen molar-refractivity contribution in [2.24, 2.45) is 0 Å². The Hall–Kier alpha value is 2.41. The van der Waals surface area contributed by atoms with Gasteiger partial charge in [0.05, 0.1) is 0 Å². The SMILES string of the molecule is C.C.[AsH3].[SbH3].[SbH3].[SiH4]. The summed E-state index contributed by atoms with van der Waals surface area (Å²) in [7, 11) is 0. The molecule has 0 aromatic heterocycles. The summed E-state index contributed by atoms with van der Waals surface area (Å²) in [4.78, 5) is 0. The maximum atomic E-state index is 0. The van der Waals surface area contributed by atoms with Gasteiger partial charge in [-0.1, -0.05) is 14.9 Å². The molecule has 0 N–H and O–H groups in total. The molecule has 0 saturated heterocycles. The maximum absolute atomic E-state index is 0. The smallest absolute Gasteiger partial charge is 0.0149 e. The second-order valence-corrected chi connectivity index (χ2v) is 0.